The lowest BCUT2D eigenvalue weighted by Gasteiger charge is -2.04. The fourth-order valence-electron chi connectivity index (χ4n) is 4.71. The summed E-state index contributed by atoms with van der Waals surface area (Å²) in [5.41, 5.74) is 3.50. The molecule has 5 heterocycles. The monoisotopic (exact) mass is 544 g/mol. The molecule has 10 nitrogen and oxygen atoms in total. The van der Waals surface area contributed by atoms with Crippen LogP contribution in [0.2, 0.25) is 0 Å². The van der Waals surface area contributed by atoms with Crippen LogP contribution in [0, 0.1) is 0 Å². The summed E-state index contributed by atoms with van der Waals surface area (Å²) < 4.78 is 3.52. The molecule has 7 aromatic rings. The molecule has 7 rings (SSSR count). The number of aromatic nitrogens is 7. The van der Waals surface area contributed by atoms with Crippen molar-refractivity contribution in [1.82, 2.24) is 34.2 Å². The third kappa shape index (κ3) is 3.87. The van der Waals surface area contributed by atoms with Gasteiger partial charge in [-0.25, -0.2) is 9.50 Å². The van der Waals surface area contributed by atoms with Crippen molar-refractivity contribution in [3.8, 4) is 16.3 Å². The summed E-state index contributed by atoms with van der Waals surface area (Å²) in [7, 11) is 1.88. The van der Waals surface area contributed by atoms with Crippen LogP contribution in [0.3, 0.4) is 0 Å². The minimum Gasteiger partial charge on any atom is -0.350 e. The summed E-state index contributed by atoms with van der Waals surface area (Å²) in [6.07, 6.45) is 4.87. The van der Waals surface area contributed by atoms with E-state index in [9.17, 15) is 9.59 Å². The predicted octanol–water partition coefficient (Wildman–Crippen LogP) is 5.01. The number of benzene rings is 2. The standard InChI is InChI=1S/C29H20N8O2S/c1-35-17-21(19-10-5-6-11-22(19)35)26(38)25-27(34-37(33-25)18-8-3-2-4-9-18)32-29(39)20-16-31-36-23(13-14-30-28(20)36)24-12-7-15-40-24/h2-17H,1H3,(H,32,34,39). The number of amides is 1. The van der Waals surface area contributed by atoms with Gasteiger partial charge in [0.2, 0.25) is 5.78 Å². The van der Waals surface area contributed by atoms with Gasteiger partial charge < -0.3 is 9.88 Å². The normalized spacial score (nSPS) is 11.3. The van der Waals surface area contributed by atoms with E-state index >= 15 is 0 Å². The summed E-state index contributed by atoms with van der Waals surface area (Å²) in [5.74, 6) is -0.814. The van der Waals surface area contributed by atoms with Crippen LogP contribution in [0.15, 0.2) is 96.8 Å². The van der Waals surface area contributed by atoms with E-state index in [-0.39, 0.29) is 22.9 Å². The molecule has 0 aliphatic carbocycles. The van der Waals surface area contributed by atoms with Crippen LogP contribution in [0.1, 0.15) is 26.4 Å². The summed E-state index contributed by atoms with van der Waals surface area (Å²) in [5, 5.41) is 19.0. The molecule has 0 bridgehead atoms. The second-order valence-corrected chi connectivity index (χ2v) is 10.0. The van der Waals surface area contributed by atoms with E-state index in [0.717, 1.165) is 21.5 Å². The molecule has 0 aliphatic rings. The van der Waals surface area contributed by atoms with Gasteiger partial charge in [-0.2, -0.15) is 5.10 Å². The van der Waals surface area contributed by atoms with Crippen LogP contribution >= 0.6 is 11.3 Å². The number of fused-ring (bicyclic) bond motifs is 2. The van der Waals surface area contributed by atoms with Gasteiger partial charge in [-0.15, -0.1) is 26.3 Å². The number of hydrogen-bond donors (Lipinski definition) is 1. The molecule has 0 saturated heterocycles. The van der Waals surface area contributed by atoms with Crippen molar-refractivity contribution >= 4 is 45.4 Å². The number of hydrogen-bond acceptors (Lipinski definition) is 7. The van der Waals surface area contributed by atoms with Crippen LogP contribution < -0.4 is 5.32 Å². The Bertz CT molecular complexity index is 2040. The zero-order valence-corrected chi connectivity index (χ0v) is 21.9. The SMILES string of the molecule is Cn1cc(C(=O)c2nn(-c3ccccc3)nc2NC(=O)c2cnn3c(-c4cccs4)ccnc23)c2ccccc21. The molecule has 0 saturated carbocycles. The number of ketones is 1. The van der Waals surface area contributed by atoms with Gasteiger partial charge in [0.25, 0.3) is 5.91 Å². The zero-order valence-electron chi connectivity index (χ0n) is 21.1. The molecular weight excluding hydrogens is 524 g/mol. The first kappa shape index (κ1) is 23.7. The van der Waals surface area contributed by atoms with Crippen molar-refractivity contribution in [1.29, 1.82) is 0 Å². The first-order valence-electron chi connectivity index (χ1n) is 12.4. The van der Waals surface area contributed by atoms with Gasteiger partial charge in [-0.05, 0) is 35.7 Å². The largest absolute Gasteiger partial charge is 0.350 e. The van der Waals surface area contributed by atoms with Crippen LogP contribution in [0.25, 0.3) is 32.8 Å². The highest BCUT2D eigenvalue weighted by Crippen LogP contribution is 2.27. The van der Waals surface area contributed by atoms with Crippen molar-refractivity contribution in [2.45, 2.75) is 0 Å². The maximum atomic E-state index is 13.9. The molecule has 0 aliphatic heterocycles. The van der Waals surface area contributed by atoms with Gasteiger partial charge in [-0.3, -0.25) is 9.59 Å². The number of nitrogens with zero attached hydrogens (tertiary/aromatic N) is 7. The minimum atomic E-state index is -0.502. The smallest absolute Gasteiger partial charge is 0.262 e. The Hall–Kier alpha value is -5.42. The van der Waals surface area contributed by atoms with Crippen molar-refractivity contribution in [3.05, 3.63) is 114 Å². The second kappa shape index (κ2) is 9.40. The van der Waals surface area contributed by atoms with Crippen molar-refractivity contribution in [2.24, 2.45) is 7.05 Å². The molecule has 0 radical (unpaired) electrons. The van der Waals surface area contributed by atoms with Gasteiger partial charge in [0, 0.05) is 35.9 Å². The molecule has 5 aromatic heterocycles. The Morgan fingerprint density at radius 3 is 2.55 bits per heavy atom. The first-order chi connectivity index (χ1) is 19.6. The first-order valence-corrected chi connectivity index (χ1v) is 13.3. The maximum Gasteiger partial charge on any atom is 0.262 e. The van der Waals surface area contributed by atoms with E-state index in [1.165, 1.54) is 11.0 Å². The molecule has 0 atom stereocenters. The number of aryl methyl sites for hydroxylation is 1. The van der Waals surface area contributed by atoms with Gasteiger partial charge in [0.15, 0.2) is 17.2 Å². The number of thiophene rings is 1. The third-order valence-electron chi connectivity index (χ3n) is 6.61. The van der Waals surface area contributed by atoms with Crippen LogP contribution in [-0.4, -0.2) is 45.8 Å². The van der Waals surface area contributed by atoms with Gasteiger partial charge in [-0.1, -0.05) is 42.5 Å². The fourth-order valence-corrected chi connectivity index (χ4v) is 5.44. The van der Waals surface area contributed by atoms with Crippen LogP contribution in [0.4, 0.5) is 5.82 Å². The number of carbonyl (C=O) groups is 2. The van der Waals surface area contributed by atoms with Crippen molar-refractivity contribution < 1.29 is 9.59 Å². The van der Waals surface area contributed by atoms with Gasteiger partial charge in [0.05, 0.1) is 22.5 Å². The lowest BCUT2D eigenvalue weighted by molar-refractivity contribution is 0.102. The molecule has 1 N–H and O–H groups in total. The molecule has 11 heteroatoms. The van der Waals surface area contributed by atoms with E-state index < -0.39 is 5.91 Å². The Kier molecular flexibility index (Phi) is 5.56. The number of carbonyl (C=O) groups excluding carboxylic acids is 2. The summed E-state index contributed by atoms with van der Waals surface area (Å²) in [4.78, 5) is 34.2. The quantitative estimate of drug-likeness (QED) is 0.295. The van der Waals surface area contributed by atoms with E-state index in [4.69, 9.17) is 0 Å². The Morgan fingerprint density at radius 2 is 1.73 bits per heavy atom. The number of rotatable bonds is 6. The summed E-state index contributed by atoms with van der Waals surface area (Å²) >= 11 is 1.57. The molecular formula is C29H20N8O2S. The Morgan fingerprint density at radius 1 is 0.900 bits per heavy atom. The van der Waals surface area contributed by atoms with E-state index in [2.05, 4.69) is 25.6 Å². The molecule has 0 fully saturated rings. The number of anilines is 1. The number of para-hydroxylation sites is 2. The van der Waals surface area contributed by atoms with E-state index in [1.807, 2.05) is 89.8 Å². The zero-order chi connectivity index (χ0) is 27.2. The highest BCUT2D eigenvalue weighted by Gasteiger charge is 2.26. The summed E-state index contributed by atoms with van der Waals surface area (Å²) in [6.45, 7) is 0. The highest BCUT2D eigenvalue weighted by molar-refractivity contribution is 7.13. The van der Waals surface area contributed by atoms with Gasteiger partial charge >= 0.3 is 0 Å². The summed E-state index contributed by atoms with van der Waals surface area (Å²) in [6, 6.07) is 22.6. The Labute approximate surface area is 231 Å². The van der Waals surface area contributed by atoms with Crippen molar-refractivity contribution in [3.63, 3.8) is 0 Å². The lowest BCUT2D eigenvalue weighted by atomic mass is 10.1. The average molecular weight is 545 g/mol. The molecule has 194 valence electrons. The molecule has 0 unspecified atom stereocenters. The number of nitrogens with one attached hydrogen (secondary N) is 1. The molecule has 40 heavy (non-hydrogen) atoms. The third-order valence-corrected chi connectivity index (χ3v) is 7.50. The fraction of sp³-hybridized carbons (Fsp3) is 0.0345. The molecule has 2 aromatic carbocycles. The van der Waals surface area contributed by atoms with Gasteiger partial charge in [0.1, 0.15) is 5.56 Å². The van der Waals surface area contributed by atoms with Crippen molar-refractivity contribution in [2.75, 3.05) is 5.32 Å². The average Bonchev–Trinajstić information content (AvgIpc) is 3.79. The van der Waals surface area contributed by atoms with Crippen LogP contribution in [-0.2, 0) is 7.05 Å². The topological polar surface area (TPSA) is 112 Å². The lowest BCUT2D eigenvalue weighted by Crippen LogP contribution is -2.15. The van der Waals surface area contributed by atoms with E-state index in [1.54, 1.807) is 28.2 Å². The minimum absolute atomic E-state index is 0.0252. The highest BCUT2D eigenvalue weighted by atomic mass is 32.1. The Balaban J connectivity index is 1.30. The second-order valence-electron chi connectivity index (χ2n) is 9.08. The molecule has 0 spiro atoms. The molecule has 1 amide bonds. The maximum absolute atomic E-state index is 13.9. The van der Waals surface area contributed by atoms with Crippen LogP contribution in [0.5, 0.6) is 0 Å². The predicted molar refractivity (Wildman–Crippen MR) is 152 cm³/mol. The van der Waals surface area contributed by atoms with E-state index in [0.29, 0.717) is 16.9 Å².